The van der Waals surface area contributed by atoms with Gasteiger partial charge in [0.05, 0.1) is 0 Å². The maximum Gasteiger partial charge on any atom is 0.224 e. The molecule has 0 fully saturated rings. The Hall–Kier alpha value is -0.240. The molecule has 0 aromatic rings. The molecule has 0 aromatic heterocycles. The zero-order valence-corrected chi connectivity index (χ0v) is 9.06. The van der Waals surface area contributed by atoms with Gasteiger partial charge in [0.1, 0.15) is 0 Å². The number of rotatable bonds is 4. The molecule has 0 radical (unpaired) electrons. The minimum absolute atomic E-state index is 0.0839. The summed E-state index contributed by atoms with van der Waals surface area (Å²) in [6.07, 6.45) is 0.858. The quantitative estimate of drug-likeness (QED) is 0.624. The summed E-state index contributed by atoms with van der Waals surface area (Å²) >= 11 is 5.77. The molecule has 0 saturated heterocycles. The predicted octanol–water partition coefficient (Wildman–Crippen LogP) is 2.12. The molecule has 0 N–H and O–H groups in total. The molecule has 72 valence electrons. The van der Waals surface area contributed by atoms with E-state index in [4.69, 9.17) is 11.6 Å². The van der Waals surface area contributed by atoms with Crippen LogP contribution >= 0.6 is 11.6 Å². The van der Waals surface area contributed by atoms with Crippen LogP contribution in [0.5, 0.6) is 0 Å². The van der Waals surface area contributed by atoms with Crippen LogP contribution in [0.4, 0.5) is 0 Å². The summed E-state index contributed by atoms with van der Waals surface area (Å²) in [5.41, 5.74) is 0. The molecule has 0 aliphatic rings. The second-order valence-electron chi connectivity index (χ2n) is 3.48. The fraction of sp³-hybridized carbons (Fsp3) is 0.889. The number of halogens is 1. The molecule has 12 heavy (non-hydrogen) atoms. The third kappa shape index (κ3) is 4.60. The van der Waals surface area contributed by atoms with Crippen molar-refractivity contribution in [2.24, 2.45) is 5.92 Å². The normalized spacial score (nSPS) is 13.2. The topological polar surface area (TPSA) is 20.3 Å². The van der Waals surface area contributed by atoms with E-state index < -0.39 is 0 Å². The van der Waals surface area contributed by atoms with Gasteiger partial charge in [-0.15, -0.1) is 11.6 Å². The highest BCUT2D eigenvalue weighted by Gasteiger charge is 2.12. The number of alkyl halides is 1. The van der Waals surface area contributed by atoms with E-state index >= 15 is 0 Å². The van der Waals surface area contributed by atoms with Crippen molar-refractivity contribution in [3.8, 4) is 0 Å². The molecular formula is C9H18ClNO. The molecular weight excluding hydrogens is 174 g/mol. The first-order valence-electron chi connectivity index (χ1n) is 4.34. The summed E-state index contributed by atoms with van der Waals surface area (Å²) < 4.78 is 0. The van der Waals surface area contributed by atoms with Gasteiger partial charge < -0.3 is 4.90 Å². The zero-order valence-electron chi connectivity index (χ0n) is 8.30. The van der Waals surface area contributed by atoms with Crippen molar-refractivity contribution < 1.29 is 4.79 Å². The van der Waals surface area contributed by atoms with E-state index in [-0.39, 0.29) is 17.2 Å². The maximum atomic E-state index is 11.3. The molecule has 0 saturated carbocycles. The molecule has 0 aliphatic carbocycles. The summed E-state index contributed by atoms with van der Waals surface area (Å²) in [7, 11) is 1.82. The van der Waals surface area contributed by atoms with Crippen molar-refractivity contribution in [3.63, 3.8) is 0 Å². The Balaban J connectivity index is 3.72. The van der Waals surface area contributed by atoms with Gasteiger partial charge in [0.2, 0.25) is 5.91 Å². The van der Waals surface area contributed by atoms with Crippen LogP contribution in [0.25, 0.3) is 0 Å². The second kappa shape index (κ2) is 5.41. The van der Waals surface area contributed by atoms with Crippen molar-refractivity contribution in [1.82, 2.24) is 4.90 Å². The van der Waals surface area contributed by atoms with Crippen LogP contribution in [0.3, 0.4) is 0 Å². The van der Waals surface area contributed by atoms with Gasteiger partial charge in [-0.1, -0.05) is 13.8 Å². The molecule has 0 rings (SSSR count). The van der Waals surface area contributed by atoms with Crippen LogP contribution in [-0.4, -0.2) is 29.8 Å². The largest absolute Gasteiger partial charge is 0.345 e. The highest BCUT2D eigenvalue weighted by molar-refractivity contribution is 6.20. The van der Waals surface area contributed by atoms with E-state index in [0.717, 1.165) is 13.0 Å². The van der Waals surface area contributed by atoms with Gasteiger partial charge in [-0.2, -0.15) is 0 Å². The molecule has 0 bridgehead atoms. The van der Waals surface area contributed by atoms with E-state index in [2.05, 4.69) is 0 Å². The number of hydrogen-bond donors (Lipinski definition) is 0. The average molecular weight is 192 g/mol. The Bertz CT molecular complexity index is 145. The van der Waals surface area contributed by atoms with Gasteiger partial charge in [-0.05, 0) is 13.3 Å². The van der Waals surface area contributed by atoms with Crippen LogP contribution in [-0.2, 0) is 4.79 Å². The fourth-order valence-electron chi connectivity index (χ4n) is 0.923. The van der Waals surface area contributed by atoms with Gasteiger partial charge in [-0.25, -0.2) is 0 Å². The first kappa shape index (κ1) is 11.8. The third-order valence-corrected chi connectivity index (χ3v) is 1.95. The summed E-state index contributed by atoms with van der Waals surface area (Å²) in [6, 6.07) is 0. The minimum Gasteiger partial charge on any atom is -0.345 e. The van der Waals surface area contributed by atoms with Crippen LogP contribution in [0.15, 0.2) is 0 Å². The summed E-state index contributed by atoms with van der Waals surface area (Å²) in [6.45, 7) is 6.50. The van der Waals surface area contributed by atoms with E-state index in [1.165, 1.54) is 0 Å². The first-order chi connectivity index (χ1) is 5.45. The minimum atomic E-state index is 0.0839. The van der Waals surface area contributed by atoms with Crippen LogP contribution in [0.1, 0.15) is 27.2 Å². The van der Waals surface area contributed by atoms with Crippen LogP contribution in [0.2, 0.25) is 0 Å². The van der Waals surface area contributed by atoms with Gasteiger partial charge in [0.15, 0.2) is 0 Å². The van der Waals surface area contributed by atoms with Gasteiger partial charge in [0.25, 0.3) is 0 Å². The molecule has 1 atom stereocenters. The Morgan fingerprint density at radius 1 is 1.42 bits per heavy atom. The van der Waals surface area contributed by atoms with E-state index in [1.54, 1.807) is 4.90 Å². The smallest absolute Gasteiger partial charge is 0.224 e. The van der Waals surface area contributed by atoms with Crippen molar-refractivity contribution in [2.45, 2.75) is 32.6 Å². The Kier molecular flexibility index (Phi) is 5.31. The van der Waals surface area contributed by atoms with Crippen LogP contribution in [0, 0.1) is 5.92 Å². The summed E-state index contributed by atoms with van der Waals surface area (Å²) in [4.78, 5) is 13.1. The lowest BCUT2D eigenvalue weighted by Crippen LogP contribution is -2.32. The van der Waals surface area contributed by atoms with E-state index in [9.17, 15) is 4.79 Å². The lowest BCUT2D eigenvalue weighted by atomic mass is 10.2. The lowest BCUT2D eigenvalue weighted by Gasteiger charge is -2.19. The lowest BCUT2D eigenvalue weighted by molar-refractivity contribution is -0.133. The number of nitrogens with zero attached hydrogens (tertiary/aromatic N) is 1. The molecule has 2 nitrogen and oxygen atoms in total. The predicted molar refractivity (Wildman–Crippen MR) is 52.4 cm³/mol. The van der Waals surface area contributed by atoms with Crippen LogP contribution < -0.4 is 0 Å². The molecule has 0 spiro atoms. The molecule has 0 aliphatic heterocycles. The number of carbonyl (C=O) groups excluding carboxylic acids is 1. The highest BCUT2D eigenvalue weighted by Crippen LogP contribution is 2.04. The zero-order chi connectivity index (χ0) is 9.72. The summed E-state index contributed by atoms with van der Waals surface area (Å²) in [5.74, 6) is 0.271. The molecule has 1 amide bonds. The van der Waals surface area contributed by atoms with Gasteiger partial charge in [-0.3, -0.25) is 4.79 Å². The van der Waals surface area contributed by atoms with Crippen molar-refractivity contribution in [2.75, 3.05) is 13.6 Å². The monoisotopic (exact) mass is 191 g/mol. The van der Waals surface area contributed by atoms with E-state index in [1.807, 2.05) is 27.8 Å². The van der Waals surface area contributed by atoms with E-state index in [0.29, 0.717) is 0 Å². The standard InChI is InChI=1S/C9H18ClNO/c1-7(2)9(12)11(4)6-5-8(3)10/h7-8H,5-6H2,1-4H3. The number of hydrogen-bond acceptors (Lipinski definition) is 1. The second-order valence-corrected chi connectivity index (χ2v) is 4.23. The molecule has 0 heterocycles. The Morgan fingerprint density at radius 2 is 1.92 bits per heavy atom. The fourth-order valence-corrected chi connectivity index (χ4v) is 1.02. The number of amides is 1. The molecule has 0 aromatic carbocycles. The Labute approximate surface area is 79.9 Å². The van der Waals surface area contributed by atoms with Crippen molar-refractivity contribution in [1.29, 1.82) is 0 Å². The molecule has 3 heteroatoms. The number of carbonyl (C=O) groups is 1. The average Bonchev–Trinajstić information content (AvgIpc) is 1.98. The van der Waals surface area contributed by atoms with Crippen molar-refractivity contribution >= 4 is 17.5 Å². The first-order valence-corrected chi connectivity index (χ1v) is 4.77. The summed E-state index contributed by atoms with van der Waals surface area (Å²) in [5, 5.41) is 0.146. The van der Waals surface area contributed by atoms with Gasteiger partial charge in [0, 0.05) is 24.9 Å². The molecule has 1 unspecified atom stereocenters. The highest BCUT2D eigenvalue weighted by atomic mass is 35.5. The Morgan fingerprint density at radius 3 is 2.25 bits per heavy atom. The SMILES string of the molecule is CC(Cl)CCN(C)C(=O)C(C)C. The van der Waals surface area contributed by atoms with Gasteiger partial charge >= 0.3 is 0 Å². The third-order valence-electron chi connectivity index (χ3n) is 1.73. The van der Waals surface area contributed by atoms with Crippen molar-refractivity contribution in [3.05, 3.63) is 0 Å². The maximum absolute atomic E-state index is 11.3.